The summed E-state index contributed by atoms with van der Waals surface area (Å²) >= 11 is 1.61. The maximum atomic E-state index is 9.43. The molecule has 0 amide bonds. The Bertz CT molecular complexity index is 958. The van der Waals surface area contributed by atoms with E-state index in [1.165, 1.54) is 4.90 Å². The van der Waals surface area contributed by atoms with Crippen molar-refractivity contribution < 1.29 is 0 Å². The van der Waals surface area contributed by atoms with Gasteiger partial charge in [-0.2, -0.15) is 10.5 Å². The topological polar surface area (TPSA) is 76.8 Å². The predicted octanol–water partition coefficient (Wildman–Crippen LogP) is 4.45. The Morgan fingerprint density at radius 3 is 2.29 bits per heavy atom. The molecule has 0 saturated heterocycles. The van der Waals surface area contributed by atoms with E-state index in [4.69, 9.17) is 11.0 Å². The molecule has 2 N–H and O–H groups in total. The highest BCUT2D eigenvalue weighted by Crippen LogP contribution is 2.34. The molecule has 0 spiro atoms. The average Bonchev–Trinajstić information content (AvgIpc) is 3.06. The molecule has 0 saturated carbocycles. The largest absolute Gasteiger partial charge is 0.398 e. The summed E-state index contributed by atoms with van der Waals surface area (Å²) in [5.41, 5.74) is 10.8. The molecule has 0 radical (unpaired) electrons. The van der Waals surface area contributed by atoms with Crippen LogP contribution in [0.3, 0.4) is 0 Å². The van der Waals surface area contributed by atoms with Gasteiger partial charge in [0, 0.05) is 7.05 Å². The third-order valence-corrected chi connectivity index (χ3v) is 4.79. The molecule has 0 unspecified atom stereocenters. The maximum Gasteiger partial charge on any atom is 0.183 e. The van der Waals surface area contributed by atoms with E-state index in [-0.39, 0.29) is 0 Å². The highest BCUT2D eigenvalue weighted by molar-refractivity contribution is 7.14. The van der Waals surface area contributed by atoms with Crippen LogP contribution in [0.5, 0.6) is 0 Å². The zero-order chi connectivity index (χ0) is 17.1. The summed E-state index contributed by atoms with van der Waals surface area (Å²) in [6, 6.07) is 17.5. The van der Waals surface area contributed by atoms with Gasteiger partial charge in [0.1, 0.15) is 0 Å². The summed E-state index contributed by atoms with van der Waals surface area (Å²) in [7, 11) is 1.66. The minimum absolute atomic E-state index is 0.540. The van der Waals surface area contributed by atoms with Crippen LogP contribution >= 0.6 is 11.3 Å². The van der Waals surface area contributed by atoms with Gasteiger partial charge in [-0.15, -0.1) is 11.3 Å². The molecule has 0 aliphatic carbocycles. The molecule has 2 aromatic carbocycles. The molecule has 0 bridgehead atoms. The van der Waals surface area contributed by atoms with Crippen molar-refractivity contribution in [3.05, 3.63) is 59.5 Å². The second kappa shape index (κ2) is 6.45. The summed E-state index contributed by atoms with van der Waals surface area (Å²) in [6.45, 7) is 0. The third-order valence-electron chi connectivity index (χ3n) is 3.81. The first-order valence-electron chi connectivity index (χ1n) is 7.25. The zero-order valence-electron chi connectivity index (χ0n) is 13.0. The first-order chi connectivity index (χ1) is 11.6. The number of nitrogens with two attached hydrogens (primary N) is 1. The van der Waals surface area contributed by atoms with Crippen molar-refractivity contribution in [1.82, 2.24) is 0 Å². The lowest BCUT2D eigenvalue weighted by Gasteiger charge is -2.12. The van der Waals surface area contributed by atoms with E-state index in [1.807, 2.05) is 54.0 Å². The zero-order valence-corrected chi connectivity index (χ0v) is 13.8. The number of nitriles is 2. The van der Waals surface area contributed by atoms with Gasteiger partial charge in [0.05, 0.1) is 27.9 Å². The molecule has 4 nitrogen and oxygen atoms in total. The van der Waals surface area contributed by atoms with Crippen LogP contribution in [0.2, 0.25) is 0 Å². The molecule has 116 valence electrons. The number of benzene rings is 2. The molecule has 0 fully saturated rings. The number of hydrogen-bond acceptors (Lipinski definition) is 5. The lowest BCUT2D eigenvalue weighted by Crippen LogP contribution is -2.08. The van der Waals surface area contributed by atoms with Gasteiger partial charge in [0.25, 0.3) is 0 Å². The number of nitrogens with zero attached hydrogens (tertiary/aromatic N) is 3. The third kappa shape index (κ3) is 2.81. The quantitative estimate of drug-likeness (QED) is 0.568. The van der Waals surface area contributed by atoms with Crippen LogP contribution < -0.4 is 10.6 Å². The molecule has 0 aliphatic heterocycles. The highest BCUT2D eigenvalue weighted by Gasteiger charge is 2.10. The molecule has 0 atom stereocenters. The van der Waals surface area contributed by atoms with Crippen molar-refractivity contribution in [3.8, 4) is 33.8 Å². The van der Waals surface area contributed by atoms with Crippen molar-refractivity contribution in [1.29, 1.82) is 10.5 Å². The summed E-state index contributed by atoms with van der Waals surface area (Å²) in [4.78, 5) is 2.47. The summed E-state index contributed by atoms with van der Waals surface area (Å²) in [5.74, 6) is 0. The first kappa shape index (κ1) is 15.6. The summed E-state index contributed by atoms with van der Waals surface area (Å²) in [6.07, 6.45) is 2.03. The van der Waals surface area contributed by atoms with Crippen molar-refractivity contribution in [2.24, 2.45) is 0 Å². The highest BCUT2D eigenvalue weighted by atomic mass is 32.1. The molecule has 5 heteroatoms. The molecule has 1 heterocycles. The number of thiophene rings is 1. The van der Waals surface area contributed by atoms with Gasteiger partial charge in [-0.1, -0.05) is 30.3 Å². The number of rotatable bonds is 3. The first-order valence-corrected chi connectivity index (χ1v) is 8.13. The second-order valence-electron chi connectivity index (χ2n) is 5.28. The molecule has 3 rings (SSSR count). The SMILES string of the molecule is CN(C#N)c1ccc(-c2ccc(-c3sccc3N)cc2)c(C#N)c1. The van der Waals surface area contributed by atoms with Crippen LogP contribution in [0.1, 0.15) is 5.56 Å². The minimum atomic E-state index is 0.540. The Kier molecular flexibility index (Phi) is 4.20. The fourth-order valence-electron chi connectivity index (χ4n) is 2.50. The monoisotopic (exact) mass is 330 g/mol. The van der Waals surface area contributed by atoms with Gasteiger partial charge in [0.2, 0.25) is 0 Å². The normalized spacial score (nSPS) is 9.96. The van der Waals surface area contributed by atoms with Crippen molar-refractivity contribution >= 4 is 22.7 Å². The number of anilines is 2. The van der Waals surface area contributed by atoms with Crippen LogP contribution in [-0.2, 0) is 0 Å². The lowest BCUT2D eigenvalue weighted by atomic mass is 9.98. The molecular formula is C19H14N4S. The smallest absolute Gasteiger partial charge is 0.183 e. The Balaban J connectivity index is 1.99. The van der Waals surface area contributed by atoms with Crippen LogP contribution in [0.4, 0.5) is 11.4 Å². The maximum absolute atomic E-state index is 9.43. The Hall–Kier alpha value is -3.28. The summed E-state index contributed by atoms with van der Waals surface area (Å²) in [5, 5.41) is 20.4. The van der Waals surface area contributed by atoms with E-state index in [0.29, 0.717) is 11.3 Å². The van der Waals surface area contributed by atoms with E-state index in [2.05, 4.69) is 6.07 Å². The standard InChI is InChI=1S/C19H14N4S/c1-23(12-21)16-6-7-17(15(10-16)11-20)13-2-4-14(5-3-13)19-18(22)8-9-24-19/h2-10H,22H2,1H3. The summed E-state index contributed by atoms with van der Waals surface area (Å²) < 4.78 is 0. The Morgan fingerprint density at radius 2 is 1.71 bits per heavy atom. The van der Waals surface area contributed by atoms with Crippen molar-refractivity contribution in [2.75, 3.05) is 17.7 Å². The average molecular weight is 330 g/mol. The van der Waals surface area contributed by atoms with Crippen molar-refractivity contribution in [3.63, 3.8) is 0 Å². The van der Waals surface area contributed by atoms with Crippen LogP contribution in [0.25, 0.3) is 21.6 Å². The van der Waals surface area contributed by atoms with Crippen molar-refractivity contribution in [2.45, 2.75) is 0 Å². The number of nitrogen functional groups attached to an aromatic ring is 1. The molecule has 24 heavy (non-hydrogen) atoms. The fourth-order valence-corrected chi connectivity index (χ4v) is 3.32. The Morgan fingerprint density at radius 1 is 1.00 bits per heavy atom. The van der Waals surface area contributed by atoms with Gasteiger partial charge < -0.3 is 5.73 Å². The van der Waals surface area contributed by atoms with Crippen LogP contribution in [-0.4, -0.2) is 7.05 Å². The molecule has 1 aromatic heterocycles. The van der Waals surface area contributed by atoms with Crippen LogP contribution in [0, 0.1) is 22.8 Å². The molecule has 0 aliphatic rings. The van der Waals surface area contributed by atoms with Gasteiger partial charge in [-0.05, 0) is 40.3 Å². The molecule has 3 aromatic rings. The van der Waals surface area contributed by atoms with Gasteiger partial charge >= 0.3 is 0 Å². The van der Waals surface area contributed by atoms with E-state index in [9.17, 15) is 5.26 Å². The second-order valence-corrected chi connectivity index (χ2v) is 6.20. The molecular weight excluding hydrogens is 316 g/mol. The Labute approximate surface area is 144 Å². The van der Waals surface area contributed by atoms with E-state index in [1.54, 1.807) is 24.5 Å². The fraction of sp³-hybridized carbons (Fsp3) is 0.0526. The van der Waals surface area contributed by atoms with E-state index in [0.717, 1.165) is 27.3 Å². The van der Waals surface area contributed by atoms with Crippen LogP contribution in [0.15, 0.2) is 53.9 Å². The van der Waals surface area contributed by atoms with E-state index < -0.39 is 0 Å². The van der Waals surface area contributed by atoms with Gasteiger partial charge in [-0.25, -0.2) is 0 Å². The predicted molar refractivity (Wildman–Crippen MR) is 98.3 cm³/mol. The van der Waals surface area contributed by atoms with Gasteiger partial charge in [-0.3, -0.25) is 4.90 Å². The van der Waals surface area contributed by atoms with Gasteiger partial charge in [0.15, 0.2) is 6.19 Å². The lowest BCUT2D eigenvalue weighted by molar-refractivity contribution is 1.20. The minimum Gasteiger partial charge on any atom is -0.398 e. The van der Waals surface area contributed by atoms with E-state index >= 15 is 0 Å². The number of hydrogen-bond donors (Lipinski definition) is 1.